The van der Waals surface area contributed by atoms with Crippen LogP contribution in [0.2, 0.25) is 0 Å². The Hall–Kier alpha value is -1.91. The first-order chi connectivity index (χ1) is 6.61. The third-order valence-electron chi connectivity index (χ3n) is 1.67. The molecule has 1 rings (SSSR count). The van der Waals surface area contributed by atoms with Gasteiger partial charge in [0.15, 0.2) is 0 Å². The van der Waals surface area contributed by atoms with Crippen LogP contribution in [0, 0.1) is 0 Å². The van der Waals surface area contributed by atoms with Crippen LogP contribution in [-0.2, 0) is 4.79 Å². The number of rotatable bonds is 3. The molecule has 5 heteroatoms. The molecule has 0 spiro atoms. The normalized spacial score (nSPS) is 11.8. The minimum absolute atomic E-state index is 0.264. The Morgan fingerprint density at radius 3 is 2.71 bits per heavy atom. The lowest BCUT2D eigenvalue weighted by Gasteiger charge is -2.08. The topological polar surface area (TPSA) is 85.1 Å². The molecule has 0 fully saturated rings. The summed E-state index contributed by atoms with van der Waals surface area (Å²) in [6.07, 6.45) is 1.50. The lowest BCUT2D eigenvalue weighted by Crippen LogP contribution is -2.42. The number of nitrogens with two attached hydrogens (primary N) is 1. The van der Waals surface area contributed by atoms with Crippen molar-refractivity contribution >= 4 is 11.8 Å². The molecule has 1 atom stereocenters. The summed E-state index contributed by atoms with van der Waals surface area (Å²) in [6, 6.07) is 4.26. The van der Waals surface area contributed by atoms with E-state index in [1.165, 1.54) is 13.1 Å². The summed E-state index contributed by atoms with van der Waals surface area (Å²) < 4.78 is 0. The van der Waals surface area contributed by atoms with E-state index in [1.807, 2.05) is 0 Å². The van der Waals surface area contributed by atoms with Gasteiger partial charge in [-0.05, 0) is 19.1 Å². The number of aromatic nitrogens is 1. The molecule has 0 radical (unpaired) electrons. The molecular formula is C9H11N3O2. The number of hydrogen-bond acceptors (Lipinski definition) is 3. The summed E-state index contributed by atoms with van der Waals surface area (Å²) in [6.45, 7) is 1.52. The number of carbonyl (C=O) groups excluding carboxylic acids is 2. The molecule has 2 amide bonds. The van der Waals surface area contributed by atoms with Gasteiger partial charge in [0.05, 0.1) is 0 Å². The van der Waals surface area contributed by atoms with Gasteiger partial charge in [0.1, 0.15) is 11.7 Å². The van der Waals surface area contributed by atoms with E-state index in [0.717, 1.165) is 0 Å². The molecule has 0 saturated carbocycles. The maximum atomic E-state index is 11.4. The van der Waals surface area contributed by atoms with Crippen molar-refractivity contribution in [3.8, 4) is 0 Å². The van der Waals surface area contributed by atoms with E-state index in [0.29, 0.717) is 0 Å². The smallest absolute Gasteiger partial charge is 0.270 e. The van der Waals surface area contributed by atoms with Crippen molar-refractivity contribution in [2.24, 2.45) is 5.73 Å². The highest BCUT2D eigenvalue weighted by molar-refractivity contribution is 5.95. The van der Waals surface area contributed by atoms with E-state index in [4.69, 9.17) is 5.73 Å². The molecule has 14 heavy (non-hydrogen) atoms. The van der Waals surface area contributed by atoms with Crippen molar-refractivity contribution in [1.82, 2.24) is 10.3 Å². The molecule has 1 heterocycles. The highest BCUT2D eigenvalue weighted by Crippen LogP contribution is 1.93. The zero-order valence-corrected chi connectivity index (χ0v) is 7.73. The van der Waals surface area contributed by atoms with Crippen molar-refractivity contribution in [1.29, 1.82) is 0 Å². The van der Waals surface area contributed by atoms with Gasteiger partial charge in [0.25, 0.3) is 5.91 Å². The van der Waals surface area contributed by atoms with Gasteiger partial charge < -0.3 is 11.1 Å². The van der Waals surface area contributed by atoms with Gasteiger partial charge in [-0.15, -0.1) is 0 Å². The predicted molar refractivity (Wildman–Crippen MR) is 50.4 cm³/mol. The molecule has 1 aromatic heterocycles. The number of nitrogens with one attached hydrogen (secondary N) is 1. The Kier molecular flexibility index (Phi) is 3.17. The molecule has 0 saturated heterocycles. The van der Waals surface area contributed by atoms with Gasteiger partial charge in [-0.3, -0.25) is 14.6 Å². The lowest BCUT2D eigenvalue weighted by molar-refractivity contribution is -0.119. The van der Waals surface area contributed by atoms with Crippen LogP contribution >= 0.6 is 0 Å². The number of pyridine rings is 1. The van der Waals surface area contributed by atoms with Gasteiger partial charge >= 0.3 is 0 Å². The standard InChI is InChI=1S/C9H11N3O2/c1-6(8(10)13)12-9(14)7-4-2-3-5-11-7/h2-6H,1H3,(H2,10,13)(H,12,14)/t6-/m0/s1. The second-order valence-corrected chi connectivity index (χ2v) is 2.81. The molecule has 0 bridgehead atoms. The van der Waals surface area contributed by atoms with Crippen LogP contribution in [0.25, 0.3) is 0 Å². The molecule has 0 aliphatic rings. The van der Waals surface area contributed by atoms with E-state index in [-0.39, 0.29) is 5.69 Å². The molecule has 1 aromatic rings. The minimum Gasteiger partial charge on any atom is -0.368 e. The largest absolute Gasteiger partial charge is 0.368 e. The molecule has 3 N–H and O–H groups in total. The van der Waals surface area contributed by atoms with E-state index in [9.17, 15) is 9.59 Å². The van der Waals surface area contributed by atoms with Crippen LogP contribution in [0.5, 0.6) is 0 Å². The van der Waals surface area contributed by atoms with Crippen LogP contribution in [0.15, 0.2) is 24.4 Å². The monoisotopic (exact) mass is 193 g/mol. The maximum absolute atomic E-state index is 11.4. The average Bonchev–Trinajstić information content (AvgIpc) is 2.19. The summed E-state index contributed by atoms with van der Waals surface area (Å²) in [7, 11) is 0. The van der Waals surface area contributed by atoms with E-state index >= 15 is 0 Å². The summed E-state index contributed by atoms with van der Waals surface area (Å²) in [5.74, 6) is -0.980. The van der Waals surface area contributed by atoms with E-state index in [2.05, 4.69) is 10.3 Å². The van der Waals surface area contributed by atoms with Crippen molar-refractivity contribution in [3.05, 3.63) is 30.1 Å². The Morgan fingerprint density at radius 2 is 2.21 bits per heavy atom. The Balaban J connectivity index is 2.64. The van der Waals surface area contributed by atoms with Gasteiger partial charge in [0, 0.05) is 6.20 Å². The van der Waals surface area contributed by atoms with Crippen molar-refractivity contribution in [2.75, 3.05) is 0 Å². The van der Waals surface area contributed by atoms with E-state index in [1.54, 1.807) is 18.2 Å². The number of nitrogens with zero attached hydrogens (tertiary/aromatic N) is 1. The van der Waals surface area contributed by atoms with Crippen LogP contribution in [0.4, 0.5) is 0 Å². The Morgan fingerprint density at radius 1 is 1.50 bits per heavy atom. The van der Waals surface area contributed by atoms with Crippen LogP contribution in [0.1, 0.15) is 17.4 Å². The summed E-state index contributed by atoms with van der Waals surface area (Å²) in [4.78, 5) is 25.9. The average molecular weight is 193 g/mol. The van der Waals surface area contributed by atoms with Gasteiger partial charge in [-0.25, -0.2) is 0 Å². The zero-order chi connectivity index (χ0) is 10.6. The Labute approximate surface area is 81.3 Å². The third kappa shape index (κ3) is 2.55. The number of carbonyl (C=O) groups is 2. The number of amides is 2. The van der Waals surface area contributed by atoms with Gasteiger partial charge in [-0.2, -0.15) is 0 Å². The summed E-state index contributed by atoms with van der Waals surface area (Å²) >= 11 is 0. The van der Waals surface area contributed by atoms with Crippen molar-refractivity contribution in [2.45, 2.75) is 13.0 Å². The number of hydrogen-bond donors (Lipinski definition) is 2. The highest BCUT2D eigenvalue weighted by Gasteiger charge is 2.13. The van der Waals surface area contributed by atoms with Gasteiger partial charge in [-0.1, -0.05) is 6.07 Å². The zero-order valence-electron chi connectivity index (χ0n) is 7.73. The fourth-order valence-corrected chi connectivity index (χ4v) is 0.839. The van der Waals surface area contributed by atoms with Gasteiger partial charge in [0.2, 0.25) is 5.91 Å². The lowest BCUT2D eigenvalue weighted by atomic mass is 10.3. The molecule has 0 aromatic carbocycles. The second kappa shape index (κ2) is 4.36. The molecule has 74 valence electrons. The van der Waals surface area contributed by atoms with Crippen LogP contribution < -0.4 is 11.1 Å². The first-order valence-electron chi connectivity index (χ1n) is 4.12. The maximum Gasteiger partial charge on any atom is 0.270 e. The molecule has 5 nitrogen and oxygen atoms in total. The van der Waals surface area contributed by atoms with Crippen LogP contribution in [0.3, 0.4) is 0 Å². The quantitative estimate of drug-likeness (QED) is 0.690. The third-order valence-corrected chi connectivity index (χ3v) is 1.67. The summed E-state index contributed by atoms with van der Waals surface area (Å²) in [5, 5.41) is 2.42. The fraction of sp³-hybridized carbons (Fsp3) is 0.222. The first-order valence-corrected chi connectivity index (χ1v) is 4.12. The fourth-order valence-electron chi connectivity index (χ4n) is 0.839. The number of primary amides is 1. The van der Waals surface area contributed by atoms with Crippen LogP contribution in [-0.4, -0.2) is 22.8 Å². The SMILES string of the molecule is C[C@H](NC(=O)c1ccccn1)C(N)=O. The van der Waals surface area contributed by atoms with Crippen molar-refractivity contribution in [3.63, 3.8) is 0 Å². The van der Waals surface area contributed by atoms with Crippen molar-refractivity contribution < 1.29 is 9.59 Å². The first kappa shape index (κ1) is 10.2. The minimum atomic E-state index is -0.690. The molecule has 0 aliphatic carbocycles. The predicted octanol–water partition coefficient (Wildman–Crippen LogP) is -0.315. The Bertz CT molecular complexity index is 337. The van der Waals surface area contributed by atoms with E-state index < -0.39 is 17.9 Å². The highest BCUT2D eigenvalue weighted by atomic mass is 16.2. The summed E-state index contributed by atoms with van der Waals surface area (Å²) in [5.41, 5.74) is 5.25. The molecular weight excluding hydrogens is 182 g/mol. The molecule has 0 unspecified atom stereocenters. The molecule has 0 aliphatic heterocycles. The second-order valence-electron chi connectivity index (χ2n) is 2.81.